The van der Waals surface area contributed by atoms with Crippen LogP contribution < -0.4 is 15.4 Å². The summed E-state index contributed by atoms with van der Waals surface area (Å²) in [6, 6.07) is 6.73. The van der Waals surface area contributed by atoms with Crippen LogP contribution in [0.25, 0.3) is 10.9 Å². The van der Waals surface area contributed by atoms with E-state index in [0.29, 0.717) is 29.5 Å². The highest BCUT2D eigenvalue weighted by Crippen LogP contribution is 2.61. The molecule has 0 bridgehead atoms. The van der Waals surface area contributed by atoms with Crippen molar-refractivity contribution in [1.29, 1.82) is 0 Å². The zero-order valence-corrected chi connectivity index (χ0v) is 16.7. The molecule has 0 spiro atoms. The third-order valence-corrected chi connectivity index (χ3v) is 7.10. The minimum Gasteiger partial charge on any atom is -0.490 e. The number of nitrogens with one attached hydrogen (secondary N) is 2. The number of hydrogen-bond acceptors (Lipinski definition) is 4. The van der Waals surface area contributed by atoms with E-state index in [0.717, 1.165) is 49.7 Å². The molecule has 154 valence electrons. The maximum Gasteiger partial charge on any atom is 0.223 e. The van der Waals surface area contributed by atoms with Gasteiger partial charge in [0.05, 0.1) is 11.6 Å². The molecular formula is C23H28FN3O2. The Hall–Kier alpha value is -2.21. The molecule has 3 aliphatic rings. The minimum atomic E-state index is -0.279. The van der Waals surface area contributed by atoms with Gasteiger partial charge in [-0.05, 0) is 80.8 Å². The number of rotatable bonds is 5. The SMILES string of the molecule is CC(C(=O)NC1CCNCC1)C1[C@H]2CC(Oc3ccnc4ccc(F)cc34)C[C@@H]12. The van der Waals surface area contributed by atoms with Crippen molar-refractivity contribution in [2.24, 2.45) is 23.7 Å². The van der Waals surface area contributed by atoms with E-state index >= 15 is 0 Å². The average molecular weight is 397 g/mol. The molecule has 1 saturated heterocycles. The maximum absolute atomic E-state index is 13.7. The third-order valence-electron chi connectivity index (χ3n) is 7.10. The molecule has 29 heavy (non-hydrogen) atoms. The minimum absolute atomic E-state index is 0.0664. The van der Waals surface area contributed by atoms with Crippen LogP contribution in [0.1, 0.15) is 32.6 Å². The van der Waals surface area contributed by atoms with Gasteiger partial charge in [0, 0.05) is 23.5 Å². The molecule has 0 radical (unpaired) electrons. The fourth-order valence-corrected chi connectivity index (χ4v) is 5.53. The molecule has 2 N–H and O–H groups in total. The summed E-state index contributed by atoms with van der Waals surface area (Å²) >= 11 is 0. The van der Waals surface area contributed by atoms with Gasteiger partial charge in [-0.15, -0.1) is 0 Å². The standard InChI is InChI=1S/C23H28FN3O2/c1-13(23(28)27-15-4-7-25-8-5-15)22-17-11-16(12-18(17)22)29-21-6-9-26-20-3-2-14(24)10-19(20)21/h2-3,6,9-10,13,15-18,22,25H,4-5,7-8,11-12H2,1H3,(H,27,28)/t13?,16?,17-,18+,22?. The third kappa shape index (κ3) is 3.70. The second-order valence-corrected chi connectivity index (χ2v) is 8.91. The molecule has 5 atom stereocenters. The van der Waals surface area contributed by atoms with E-state index in [9.17, 15) is 9.18 Å². The topological polar surface area (TPSA) is 63.2 Å². The van der Waals surface area contributed by atoms with Gasteiger partial charge in [-0.25, -0.2) is 4.39 Å². The first-order chi connectivity index (χ1) is 14.1. The van der Waals surface area contributed by atoms with Crippen molar-refractivity contribution in [2.75, 3.05) is 13.1 Å². The van der Waals surface area contributed by atoms with E-state index in [1.807, 2.05) is 6.07 Å². The van der Waals surface area contributed by atoms with Gasteiger partial charge in [-0.2, -0.15) is 0 Å². The van der Waals surface area contributed by atoms with Crippen molar-refractivity contribution in [3.63, 3.8) is 0 Å². The quantitative estimate of drug-likeness (QED) is 0.813. The van der Waals surface area contributed by atoms with Crippen molar-refractivity contribution in [3.05, 3.63) is 36.3 Å². The summed E-state index contributed by atoms with van der Waals surface area (Å²) in [5.74, 6) is 2.31. The first kappa shape index (κ1) is 18.8. The van der Waals surface area contributed by atoms with Crippen molar-refractivity contribution >= 4 is 16.8 Å². The van der Waals surface area contributed by atoms with E-state index in [1.54, 1.807) is 12.3 Å². The van der Waals surface area contributed by atoms with Crippen LogP contribution in [-0.4, -0.2) is 36.1 Å². The number of carbonyl (C=O) groups is 1. The Kier molecular flexibility index (Phi) is 4.90. The highest BCUT2D eigenvalue weighted by molar-refractivity contribution is 5.84. The lowest BCUT2D eigenvalue weighted by molar-refractivity contribution is -0.126. The summed E-state index contributed by atoms with van der Waals surface area (Å²) in [7, 11) is 0. The van der Waals surface area contributed by atoms with E-state index in [4.69, 9.17) is 4.74 Å². The molecule has 2 aliphatic carbocycles. The molecule has 1 aromatic carbocycles. The van der Waals surface area contributed by atoms with Crippen LogP contribution in [0.2, 0.25) is 0 Å². The number of benzene rings is 1. The van der Waals surface area contributed by atoms with Crippen LogP contribution in [0.3, 0.4) is 0 Å². The Labute approximate surface area is 170 Å². The van der Waals surface area contributed by atoms with Crippen LogP contribution in [0.5, 0.6) is 5.75 Å². The maximum atomic E-state index is 13.7. The predicted molar refractivity (Wildman–Crippen MR) is 109 cm³/mol. The van der Waals surface area contributed by atoms with Gasteiger partial charge in [-0.1, -0.05) is 6.92 Å². The molecule has 1 amide bonds. The number of amides is 1. The molecular weight excluding hydrogens is 369 g/mol. The van der Waals surface area contributed by atoms with Crippen molar-refractivity contribution in [3.8, 4) is 5.75 Å². The summed E-state index contributed by atoms with van der Waals surface area (Å²) < 4.78 is 19.9. The molecule has 5 nitrogen and oxygen atoms in total. The zero-order chi connectivity index (χ0) is 20.0. The number of ether oxygens (including phenoxy) is 1. The molecule has 2 heterocycles. The Morgan fingerprint density at radius 1 is 1.24 bits per heavy atom. The zero-order valence-electron chi connectivity index (χ0n) is 16.7. The molecule has 1 aliphatic heterocycles. The Balaban J connectivity index is 1.17. The molecule has 6 heteroatoms. The van der Waals surface area contributed by atoms with Gasteiger partial charge in [0.2, 0.25) is 5.91 Å². The van der Waals surface area contributed by atoms with E-state index < -0.39 is 0 Å². The highest BCUT2D eigenvalue weighted by atomic mass is 19.1. The van der Waals surface area contributed by atoms with Gasteiger partial charge in [0.15, 0.2) is 0 Å². The summed E-state index contributed by atoms with van der Waals surface area (Å²) in [5, 5.41) is 7.31. The number of hydrogen-bond donors (Lipinski definition) is 2. The number of fused-ring (bicyclic) bond motifs is 2. The predicted octanol–water partition coefficient (Wildman–Crippen LogP) is 3.28. The van der Waals surface area contributed by atoms with E-state index in [-0.39, 0.29) is 23.7 Å². The van der Waals surface area contributed by atoms with Crippen molar-refractivity contribution in [2.45, 2.75) is 44.8 Å². The molecule has 1 aromatic heterocycles. The van der Waals surface area contributed by atoms with Crippen molar-refractivity contribution in [1.82, 2.24) is 15.6 Å². The molecule has 2 saturated carbocycles. The summed E-state index contributed by atoms with van der Waals surface area (Å²) in [6.07, 6.45) is 5.83. The van der Waals surface area contributed by atoms with E-state index in [1.165, 1.54) is 12.1 Å². The Bertz CT molecular complexity index is 902. The number of carbonyl (C=O) groups excluding carboxylic acids is 1. The Morgan fingerprint density at radius 3 is 2.76 bits per heavy atom. The van der Waals surface area contributed by atoms with Gasteiger partial charge in [0.25, 0.3) is 0 Å². The smallest absolute Gasteiger partial charge is 0.223 e. The summed E-state index contributed by atoms with van der Waals surface area (Å²) in [4.78, 5) is 17.0. The van der Waals surface area contributed by atoms with Crippen LogP contribution >= 0.6 is 0 Å². The normalized spacial score (nSPS) is 30.0. The fourth-order valence-electron chi connectivity index (χ4n) is 5.53. The number of pyridine rings is 1. The number of aromatic nitrogens is 1. The summed E-state index contributed by atoms with van der Waals surface area (Å²) in [5.41, 5.74) is 0.744. The lowest BCUT2D eigenvalue weighted by atomic mass is 9.96. The summed E-state index contributed by atoms with van der Waals surface area (Å²) in [6.45, 7) is 4.05. The number of halogens is 1. The second kappa shape index (κ2) is 7.56. The Morgan fingerprint density at radius 2 is 2.00 bits per heavy atom. The van der Waals surface area contributed by atoms with Gasteiger partial charge in [0.1, 0.15) is 11.6 Å². The molecule has 3 unspecified atom stereocenters. The lowest BCUT2D eigenvalue weighted by Crippen LogP contribution is -2.45. The number of nitrogens with zero attached hydrogens (tertiary/aromatic N) is 1. The van der Waals surface area contributed by atoms with Crippen LogP contribution in [0, 0.1) is 29.5 Å². The van der Waals surface area contributed by atoms with Crippen LogP contribution in [-0.2, 0) is 4.79 Å². The van der Waals surface area contributed by atoms with Crippen LogP contribution in [0.4, 0.5) is 4.39 Å². The first-order valence-electron chi connectivity index (χ1n) is 10.8. The largest absolute Gasteiger partial charge is 0.490 e. The monoisotopic (exact) mass is 397 g/mol. The molecule has 3 fully saturated rings. The lowest BCUT2D eigenvalue weighted by Gasteiger charge is -2.26. The second-order valence-electron chi connectivity index (χ2n) is 8.91. The molecule has 5 rings (SSSR count). The van der Waals surface area contributed by atoms with E-state index in [2.05, 4.69) is 22.5 Å². The van der Waals surface area contributed by atoms with Crippen molar-refractivity contribution < 1.29 is 13.9 Å². The van der Waals surface area contributed by atoms with Crippen LogP contribution in [0.15, 0.2) is 30.5 Å². The van der Waals surface area contributed by atoms with Gasteiger partial charge < -0.3 is 15.4 Å². The highest BCUT2D eigenvalue weighted by Gasteiger charge is 2.59. The first-order valence-corrected chi connectivity index (χ1v) is 10.8. The average Bonchev–Trinajstić information content (AvgIpc) is 3.23. The van der Waals surface area contributed by atoms with Gasteiger partial charge in [-0.3, -0.25) is 9.78 Å². The number of piperidine rings is 1. The van der Waals surface area contributed by atoms with Gasteiger partial charge >= 0.3 is 0 Å². The fraction of sp³-hybridized carbons (Fsp3) is 0.565. The molecule has 2 aromatic rings.